The van der Waals surface area contributed by atoms with Crippen LogP contribution in [0.25, 0.3) is 0 Å². The van der Waals surface area contributed by atoms with E-state index in [1.807, 2.05) is 6.07 Å². The van der Waals surface area contributed by atoms with Crippen LogP contribution in [0.15, 0.2) is 47.6 Å². The van der Waals surface area contributed by atoms with Crippen molar-refractivity contribution in [2.24, 2.45) is 4.99 Å². The Morgan fingerprint density at radius 3 is 2.53 bits per heavy atom. The van der Waals surface area contributed by atoms with E-state index in [1.54, 1.807) is 31.4 Å². The van der Waals surface area contributed by atoms with Crippen molar-refractivity contribution in [3.05, 3.63) is 54.0 Å². The highest BCUT2D eigenvalue weighted by Gasteiger charge is 2.19. The van der Waals surface area contributed by atoms with E-state index in [0.717, 1.165) is 37.5 Å². The van der Waals surface area contributed by atoms with Crippen LogP contribution in [0, 0.1) is 5.82 Å². The fourth-order valence-corrected chi connectivity index (χ4v) is 3.39. The maximum absolute atomic E-state index is 13.0. The molecule has 1 aromatic carbocycles. The second-order valence-electron chi connectivity index (χ2n) is 7.25. The molecule has 2 heterocycles. The van der Waals surface area contributed by atoms with Crippen LogP contribution >= 0.6 is 24.0 Å². The molecule has 0 amide bonds. The maximum atomic E-state index is 13.0. The number of hydrogen-bond acceptors (Lipinski definition) is 4. The molecule has 2 N–H and O–H groups in total. The molecule has 6 nitrogen and oxygen atoms in total. The Balaban J connectivity index is 0.00000320. The summed E-state index contributed by atoms with van der Waals surface area (Å²) < 4.78 is 18.6. The topological polar surface area (TPSA) is 61.8 Å². The van der Waals surface area contributed by atoms with Crippen LogP contribution in [-0.4, -0.2) is 48.6 Å². The minimum Gasteiger partial charge on any atom is -0.439 e. The van der Waals surface area contributed by atoms with Crippen molar-refractivity contribution in [3.63, 3.8) is 0 Å². The number of halogens is 2. The first-order valence-electron chi connectivity index (χ1n) is 10.2. The lowest BCUT2D eigenvalue weighted by atomic mass is 10.1. The molecule has 1 saturated heterocycles. The van der Waals surface area contributed by atoms with Gasteiger partial charge in [0.05, 0.1) is 0 Å². The smallest absolute Gasteiger partial charge is 0.219 e. The minimum absolute atomic E-state index is 0. The van der Waals surface area contributed by atoms with E-state index in [0.29, 0.717) is 24.2 Å². The van der Waals surface area contributed by atoms with Gasteiger partial charge in [-0.2, -0.15) is 0 Å². The van der Waals surface area contributed by atoms with Gasteiger partial charge in [0.2, 0.25) is 5.88 Å². The monoisotopic (exact) mass is 527 g/mol. The molecule has 0 atom stereocenters. The lowest BCUT2D eigenvalue weighted by Crippen LogP contribution is -2.48. The number of aliphatic imine (C=N–C) groups is 1. The van der Waals surface area contributed by atoms with Crippen LogP contribution in [0.5, 0.6) is 11.6 Å². The minimum atomic E-state index is -0.291. The third-order valence-electron chi connectivity index (χ3n) is 4.99. The van der Waals surface area contributed by atoms with Crippen LogP contribution in [0.1, 0.15) is 31.7 Å². The third kappa shape index (κ3) is 7.71. The molecule has 0 bridgehead atoms. The summed E-state index contributed by atoms with van der Waals surface area (Å²) >= 11 is 0. The van der Waals surface area contributed by atoms with Crippen molar-refractivity contribution < 1.29 is 9.13 Å². The summed E-state index contributed by atoms with van der Waals surface area (Å²) in [4.78, 5) is 11.2. The summed E-state index contributed by atoms with van der Waals surface area (Å²) in [5, 5.41) is 6.87. The number of hydrogen-bond donors (Lipinski definition) is 2. The Morgan fingerprint density at radius 2 is 1.93 bits per heavy atom. The molecule has 0 radical (unpaired) electrons. The second kappa shape index (κ2) is 12.7. The molecule has 1 fully saturated rings. The molecular formula is C22H31FIN5O. The Kier molecular flexibility index (Phi) is 10.3. The van der Waals surface area contributed by atoms with E-state index < -0.39 is 0 Å². The molecule has 0 unspecified atom stereocenters. The van der Waals surface area contributed by atoms with E-state index in [9.17, 15) is 4.39 Å². The number of nitrogens with zero attached hydrogens (tertiary/aromatic N) is 3. The molecule has 1 aliphatic heterocycles. The van der Waals surface area contributed by atoms with Gasteiger partial charge >= 0.3 is 0 Å². The Bertz CT molecular complexity index is 777. The third-order valence-corrected chi connectivity index (χ3v) is 4.99. The molecule has 0 aliphatic carbocycles. The normalized spacial score (nSPS) is 15.4. The van der Waals surface area contributed by atoms with Gasteiger partial charge in [0, 0.05) is 45.0 Å². The fourth-order valence-electron chi connectivity index (χ4n) is 3.39. The number of benzene rings is 1. The summed E-state index contributed by atoms with van der Waals surface area (Å²) in [6.07, 6.45) is 5.25. The van der Waals surface area contributed by atoms with Gasteiger partial charge in [-0.3, -0.25) is 4.99 Å². The van der Waals surface area contributed by atoms with Crippen molar-refractivity contribution in [2.75, 3.05) is 26.7 Å². The Morgan fingerprint density at radius 1 is 1.20 bits per heavy atom. The first-order valence-corrected chi connectivity index (χ1v) is 10.2. The van der Waals surface area contributed by atoms with Crippen molar-refractivity contribution in [1.82, 2.24) is 20.5 Å². The highest BCUT2D eigenvalue weighted by atomic mass is 127. The van der Waals surface area contributed by atoms with E-state index in [1.165, 1.54) is 25.1 Å². The summed E-state index contributed by atoms with van der Waals surface area (Å²) in [6.45, 7) is 6.32. The van der Waals surface area contributed by atoms with E-state index >= 15 is 0 Å². The SMILES string of the molecule is CCCN1CCC(NC(=NC)NCc2ccc(Oc3ccc(F)cc3)nc2)CC1.I. The Labute approximate surface area is 195 Å². The van der Waals surface area contributed by atoms with Crippen LogP contribution in [-0.2, 0) is 6.54 Å². The lowest BCUT2D eigenvalue weighted by Gasteiger charge is -2.32. The van der Waals surface area contributed by atoms with Gasteiger partial charge in [-0.15, -0.1) is 24.0 Å². The van der Waals surface area contributed by atoms with Gasteiger partial charge in [-0.1, -0.05) is 13.0 Å². The van der Waals surface area contributed by atoms with Crippen molar-refractivity contribution in [2.45, 2.75) is 38.8 Å². The van der Waals surface area contributed by atoms with Crippen molar-refractivity contribution >= 4 is 29.9 Å². The fraction of sp³-hybridized carbons (Fsp3) is 0.455. The van der Waals surface area contributed by atoms with Gasteiger partial charge < -0.3 is 20.3 Å². The largest absolute Gasteiger partial charge is 0.439 e. The summed E-state index contributed by atoms with van der Waals surface area (Å²) in [6, 6.07) is 10.1. The molecule has 0 spiro atoms. The number of ether oxygens (including phenoxy) is 1. The van der Waals surface area contributed by atoms with Gasteiger partial charge in [-0.05, 0) is 55.6 Å². The maximum Gasteiger partial charge on any atom is 0.219 e. The van der Waals surface area contributed by atoms with E-state index in [-0.39, 0.29) is 29.8 Å². The zero-order chi connectivity index (χ0) is 20.5. The number of piperidine rings is 1. The molecule has 1 aromatic heterocycles. The van der Waals surface area contributed by atoms with Crippen LogP contribution in [0.4, 0.5) is 4.39 Å². The van der Waals surface area contributed by atoms with Gasteiger partial charge in [0.1, 0.15) is 11.6 Å². The van der Waals surface area contributed by atoms with Crippen molar-refractivity contribution in [1.29, 1.82) is 0 Å². The molecule has 30 heavy (non-hydrogen) atoms. The first-order chi connectivity index (χ1) is 14.2. The van der Waals surface area contributed by atoms with Gasteiger partial charge in [0.15, 0.2) is 5.96 Å². The van der Waals surface area contributed by atoms with Gasteiger partial charge in [-0.25, -0.2) is 9.37 Å². The van der Waals surface area contributed by atoms with E-state index in [2.05, 4.69) is 32.4 Å². The van der Waals surface area contributed by atoms with Gasteiger partial charge in [0.25, 0.3) is 0 Å². The van der Waals surface area contributed by atoms with Crippen LogP contribution in [0.2, 0.25) is 0 Å². The number of guanidine groups is 1. The molecule has 1 aliphatic rings. The molecular weight excluding hydrogens is 496 g/mol. The predicted octanol–water partition coefficient (Wildman–Crippen LogP) is 4.17. The number of aromatic nitrogens is 1. The lowest BCUT2D eigenvalue weighted by molar-refractivity contribution is 0.206. The van der Waals surface area contributed by atoms with Crippen molar-refractivity contribution in [3.8, 4) is 11.6 Å². The number of pyridine rings is 1. The summed E-state index contributed by atoms with van der Waals surface area (Å²) in [5.41, 5.74) is 1.03. The number of nitrogens with one attached hydrogen (secondary N) is 2. The predicted molar refractivity (Wildman–Crippen MR) is 129 cm³/mol. The molecule has 8 heteroatoms. The number of likely N-dealkylation sites (tertiary alicyclic amines) is 1. The Hall–Kier alpha value is -1.94. The molecule has 3 rings (SSSR count). The molecule has 164 valence electrons. The average molecular weight is 527 g/mol. The molecule has 0 saturated carbocycles. The summed E-state index contributed by atoms with van der Waals surface area (Å²) in [7, 11) is 1.79. The highest BCUT2D eigenvalue weighted by molar-refractivity contribution is 14.0. The van der Waals surface area contributed by atoms with Crippen LogP contribution < -0.4 is 15.4 Å². The molecule has 2 aromatic rings. The quantitative estimate of drug-likeness (QED) is 0.322. The number of rotatable bonds is 7. The standard InChI is InChI=1S/C22H30FN5O.HI/c1-3-12-28-13-10-19(11-14-28)27-22(24-2)26-16-17-4-9-21(25-15-17)29-20-7-5-18(23)6-8-20;/h4-9,15,19H,3,10-14,16H2,1-2H3,(H2,24,26,27);1H. The first kappa shape index (κ1) is 24.3. The zero-order valence-electron chi connectivity index (χ0n) is 17.6. The highest BCUT2D eigenvalue weighted by Crippen LogP contribution is 2.19. The second-order valence-corrected chi connectivity index (χ2v) is 7.25. The average Bonchev–Trinajstić information content (AvgIpc) is 2.75. The zero-order valence-corrected chi connectivity index (χ0v) is 19.9. The summed E-state index contributed by atoms with van der Waals surface area (Å²) in [5.74, 6) is 1.55. The van der Waals surface area contributed by atoms with Crippen LogP contribution in [0.3, 0.4) is 0 Å². The van der Waals surface area contributed by atoms with E-state index in [4.69, 9.17) is 4.74 Å².